The molecule has 0 bridgehead atoms. The zero-order chi connectivity index (χ0) is 10.5. The van der Waals surface area contributed by atoms with E-state index in [4.69, 9.17) is 4.74 Å². The van der Waals surface area contributed by atoms with Crippen molar-refractivity contribution in [1.29, 1.82) is 0 Å². The second-order valence-electron chi connectivity index (χ2n) is 5.13. The van der Waals surface area contributed by atoms with Crippen LogP contribution in [0.2, 0.25) is 0 Å². The summed E-state index contributed by atoms with van der Waals surface area (Å²) in [4.78, 5) is 0.820. The summed E-state index contributed by atoms with van der Waals surface area (Å²) in [5.74, 6) is 1.02. The lowest BCUT2D eigenvalue weighted by atomic mass is 10.1. The summed E-state index contributed by atoms with van der Waals surface area (Å²) >= 11 is 3.80. The Morgan fingerprint density at radius 1 is 1.13 bits per heavy atom. The number of hydrogen-bond acceptors (Lipinski definition) is 1. The number of unbranched alkanes of at least 4 members (excludes halogenated alkanes) is 2. The number of ether oxygens (including phenoxy) is 1. The Labute approximate surface area is 102 Å². The fourth-order valence-electron chi connectivity index (χ4n) is 2.45. The summed E-state index contributed by atoms with van der Waals surface area (Å²) < 4.78 is 5.62. The Kier molecular flexibility index (Phi) is 4.96. The van der Waals surface area contributed by atoms with Gasteiger partial charge in [0, 0.05) is 11.4 Å². The Bertz CT molecular complexity index is 169. The van der Waals surface area contributed by atoms with Crippen molar-refractivity contribution >= 4 is 15.9 Å². The predicted octanol–water partition coefficient (Wildman–Crippen LogP) is 4.29. The zero-order valence-electron chi connectivity index (χ0n) is 9.59. The molecule has 2 fully saturated rings. The summed E-state index contributed by atoms with van der Waals surface area (Å²) in [6.07, 6.45) is 13.0. The molecule has 1 heterocycles. The molecule has 15 heavy (non-hydrogen) atoms. The molecule has 2 heteroatoms. The minimum Gasteiger partial charge on any atom is -0.378 e. The molecule has 0 radical (unpaired) electrons. The maximum absolute atomic E-state index is 5.62. The number of alkyl halides is 1. The molecule has 0 aromatic rings. The minimum atomic E-state index is 0.605. The first-order valence-electron chi connectivity index (χ1n) is 6.62. The van der Waals surface area contributed by atoms with Crippen molar-refractivity contribution in [3.05, 3.63) is 0 Å². The molecular weight excluding hydrogens is 252 g/mol. The lowest BCUT2D eigenvalue weighted by Gasteiger charge is -2.10. The van der Waals surface area contributed by atoms with Crippen LogP contribution < -0.4 is 0 Å². The van der Waals surface area contributed by atoms with E-state index in [1.54, 1.807) is 0 Å². The van der Waals surface area contributed by atoms with E-state index in [0.717, 1.165) is 17.4 Å². The Morgan fingerprint density at radius 2 is 2.00 bits per heavy atom. The smallest absolute Gasteiger partial charge is 0.0576 e. The van der Waals surface area contributed by atoms with Crippen LogP contribution in [-0.2, 0) is 4.74 Å². The van der Waals surface area contributed by atoms with Crippen LogP contribution in [-0.4, -0.2) is 17.5 Å². The molecule has 0 N–H and O–H groups in total. The third-order valence-electron chi connectivity index (χ3n) is 3.66. The van der Waals surface area contributed by atoms with Gasteiger partial charge in [0.05, 0.1) is 6.10 Å². The van der Waals surface area contributed by atoms with Crippen LogP contribution in [0.4, 0.5) is 0 Å². The highest BCUT2D eigenvalue weighted by Crippen LogP contribution is 2.38. The van der Waals surface area contributed by atoms with Gasteiger partial charge in [-0.05, 0) is 44.4 Å². The average Bonchev–Trinajstić information content (AvgIpc) is 2.97. The van der Waals surface area contributed by atoms with Crippen LogP contribution in [0.15, 0.2) is 0 Å². The van der Waals surface area contributed by atoms with E-state index in [0.29, 0.717) is 6.10 Å². The van der Waals surface area contributed by atoms with Gasteiger partial charge in [-0.25, -0.2) is 0 Å². The molecular formula is C13H23BrO. The van der Waals surface area contributed by atoms with Gasteiger partial charge in [-0.1, -0.05) is 35.2 Å². The van der Waals surface area contributed by atoms with Gasteiger partial charge in [-0.2, -0.15) is 0 Å². The predicted molar refractivity (Wildman–Crippen MR) is 67.5 cm³/mol. The van der Waals surface area contributed by atoms with Gasteiger partial charge < -0.3 is 4.74 Å². The van der Waals surface area contributed by atoms with Gasteiger partial charge in [-0.15, -0.1) is 0 Å². The van der Waals surface area contributed by atoms with E-state index in [-0.39, 0.29) is 0 Å². The lowest BCUT2D eigenvalue weighted by molar-refractivity contribution is 0.102. The maximum Gasteiger partial charge on any atom is 0.0576 e. The van der Waals surface area contributed by atoms with Crippen molar-refractivity contribution in [1.82, 2.24) is 0 Å². The molecule has 1 saturated heterocycles. The second-order valence-corrected chi connectivity index (χ2v) is 6.30. The fourth-order valence-corrected chi connectivity index (χ4v) is 3.31. The Hall–Kier alpha value is 0.440. The van der Waals surface area contributed by atoms with E-state index in [1.807, 2.05) is 0 Å². The van der Waals surface area contributed by atoms with Gasteiger partial charge in [0.1, 0.15) is 0 Å². The molecule has 88 valence electrons. The summed E-state index contributed by atoms with van der Waals surface area (Å²) in [6.45, 7) is 1.01. The minimum absolute atomic E-state index is 0.605. The van der Waals surface area contributed by atoms with Crippen LogP contribution >= 0.6 is 15.9 Å². The standard InChI is InChI=1S/C13H23BrO/c14-13(11-8-9-11)7-3-1-2-5-12-6-4-10-15-12/h11-13H,1-10H2. The van der Waals surface area contributed by atoms with Crippen LogP contribution in [0.25, 0.3) is 0 Å². The van der Waals surface area contributed by atoms with Gasteiger partial charge in [0.15, 0.2) is 0 Å². The van der Waals surface area contributed by atoms with E-state index in [9.17, 15) is 0 Å². The summed E-state index contributed by atoms with van der Waals surface area (Å²) in [6, 6.07) is 0. The van der Waals surface area contributed by atoms with E-state index < -0.39 is 0 Å². The van der Waals surface area contributed by atoms with Crippen molar-refractivity contribution in [3.63, 3.8) is 0 Å². The van der Waals surface area contributed by atoms with Crippen LogP contribution in [0.5, 0.6) is 0 Å². The number of rotatable bonds is 7. The first-order chi connectivity index (χ1) is 7.36. The summed E-state index contributed by atoms with van der Waals surface area (Å²) in [5, 5.41) is 0. The molecule has 2 rings (SSSR count). The van der Waals surface area contributed by atoms with Crippen LogP contribution in [0.1, 0.15) is 57.8 Å². The SMILES string of the molecule is BrC(CCCCCC1CCCO1)C1CC1. The normalized spacial score (nSPS) is 28.2. The quantitative estimate of drug-likeness (QED) is 0.497. The molecule has 0 aromatic heterocycles. The average molecular weight is 275 g/mol. The summed E-state index contributed by atoms with van der Waals surface area (Å²) in [5.41, 5.74) is 0. The molecule has 1 saturated carbocycles. The van der Waals surface area contributed by atoms with Crippen LogP contribution in [0, 0.1) is 5.92 Å². The second kappa shape index (κ2) is 6.24. The van der Waals surface area contributed by atoms with E-state index >= 15 is 0 Å². The van der Waals surface area contributed by atoms with E-state index in [1.165, 1.54) is 57.8 Å². The molecule has 1 aliphatic carbocycles. The monoisotopic (exact) mass is 274 g/mol. The Morgan fingerprint density at radius 3 is 2.67 bits per heavy atom. The molecule has 2 atom stereocenters. The third-order valence-corrected chi connectivity index (χ3v) is 4.87. The van der Waals surface area contributed by atoms with Crippen molar-refractivity contribution in [2.24, 2.45) is 5.92 Å². The molecule has 2 unspecified atom stereocenters. The molecule has 1 nitrogen and oxygen atoms in total. The third kappa shape index (κ3) is 4.44. The van der Waals surface area contributed by atoms with Gasteiger partial charge >= 0.3 is 0 Å². The zero-order valence-corrected chi connectivity index (χ0v) is 11.2. The van der Waals surface area contributed by atoms with E-state index in [2.05, 4.69) is 15.9 Å². The maximum atomic E-state index is 5.62. The molecule has 1 aliphatic heterocycles. The van der Waals surface area contributed by atoms with Gasteiger partial charge in [0.2, 0.25) is 0 Å². The molecule has 0 spiro atoms. The van der Waals surface area contributed by atoms with Gasteiger partial charge in [-0.3, -0.25) is 0 Å². The van der Waals surface area contributed by atoms with Crippen molar-refractivity contribution in [2.45, 2.75) is 68.7 Å². The highest BCUT2D eigenvalue weighted by atomic mass is 79.9. The molecule has 0 aromatic carbocycles. The first-order valence-corrected chi connectivity index (χ1v) is 7.53. The van der Waals surface area contributed by atoms with Crippen molar-refractivity contribution in [3.8, 4) is 0 Å². The highest BCUT2D eigenvalue weighted by Gasteiger charge is 2.28. The molecule has 0 amide bonds. The Balaban J connectivity index is 1.41. The lowest BCUT2D eigenvalue weighted by Crippen LogP contribution is -2.04. The van der Waals surface area contributed by atoms with Crippen molar-refractivity contribution < 1.29 is 4.74 Å². The van der Waals surface area contributed by atoms with Crippen molar-refractivity contribution in [2.75, 3.05) is 6.61 Å². The summed E-state index contributed by atoms with van der Waals surface area (Å²) in [7, 11) is 0. The first kappa shape index (κ1) is 11.9. The molecule has 2 aliphatic rings. The number of halogens is 1. The highest BCUT2D eigenvalue weighted by molar-refractivity contribution is 9.09. The van der Waals surface area contributed by atoms with Crippen LogP contribution in [0.3, 0.4) is 0 Å². The topological polar surface area (TPSA) is 9.23 Å². The van der Waals surface area contributed by atoms with Gasteiger partial charge in [0.25, 0.3) is 0 Å². The largest absolute Gasteiger partial charge is 0.378 e. The fraction of sp³-hybridized carbons (Fsp3) is 1.00. The number of hydrogen-bond donors (Lipinski definition) is 0.